The Labute approximate surface area is 202 Å². The Morgan fingerprint density at radius 1 is 1.03 bits per heavy atom. The third-order valence-corrected chi connectivity index (χ3v) is 6.01. The first kappa shape index (κ1) is 22.3. The zero-order chi connectivity index (χ0) is 24.4. The molecule has 2 aromatic heterocycles. The highest BCUT2D eigenvalue weighted by atomic mass is 16.3. The molecular weight excluding hydrogens is 438 g/mol. The van der Waals surface area contributed by atoms with Crippen LogP contribution in [-0.4, -0.2) is 32.2 Å². The van der Waals surface area contributed by atoms with Gasteiger partial charge in [0.25, 0.3) is 0 Å². The Morgan fingerprint density at radius 2 is 1.80 bits per heavy atom. The maximum Gasteiger partial charge on any atom is 0.241 e. The van der Waals surface area contributed by atoms with Crippen molar-refractivity contribution in [1.82, 2.24) is 15.2 Å². The van der Waals surface area contributed by atoms with Gasteiger partial charge in [-0.1, -0.05) is 48.5 Å². The lowest BCUT2D eigenvalue weighted by atomic mass is 9.97. The first-order chi connectivity index (χ1) is 17.0. The number of aromatic hydroxyl groups is 1. The SMILES string of the molecule is Cc1n[nH]c2ccc(-c3cc(NC(=O)[C@@H](N)Cc4ccccc4)cnc3-c3ccccc3O)cc12. The Kier molecular flexibility index (Phi) is 5.99. The Balaban J connectivity index is 1.52. The third kappa shape index (κ3) is 4.62. The van der Waals surface area contributed by atoms with Gasteiger partial charge < -0.3 is 16.2 Å². The van der Waals surface area contributed by atoms with Gasteiger partial charge in [-0.2, -0.15) is 5.10 Å². The summed E-state index contributed by atoms with van der Waals surface area (Å²) in [4.78, 5) is 17.5. The second-order valence-corrected chi connectivity index (χ2v) is 8.49. The molecule has 1 atom stereocenters. The van der Waals surface area contributed by atoms with Crippen LogP contribution in [-0.2, 0) is 11.2 Å². The van der Waals surface area contributed by atoms with Gasteiger partial charge in [0, 0.05) is 16.5 Å². The number of H-pyrrole nitrogens is 1. The van der Waals surface area contributed by atoms with Crippen LogP contribution < -0.4 is 11.1 Å². The average Bonchev–Trinajstić information content (AvgIpc) is 3.25. The van der Waals surface area contributed by atoms with Gasteiger partial charge in [-0.3, -0.25) is 14.9 Å². The molecule has 0 aliphatic rings. The van der Waals surface area contributed by atoms with Crippen molar-refractivity contribution in [3.05, 3.63) is 96.3 Å². The molecule has 5 aromatic rings. The largest absolute Gasteiger partial charge is 0.507 e. The number of aryl methyl sites for hydroxylation is 1. The van der Waals surface area contributed by atoms with Gasteiger partial charge in [0.05, 0.1) is 34.8 Å². The summed E-state index contributed by atoms with van der Waals surface area (Å²) in [5, 5.41) is 21.7. The van der Waals surface area contributed by atoms with Gasteiger partial charge in [0.1, 0.15) is 5.75 Å². The molecular formula is C28H25N5O2. The second-order valence-electron chi connectivity index (χ2n) is 8.49. The van der Waals surface area contributed by atoms with E-state index in [2.05, 4.69) is 20.5 Å². The van der Waals surface area contributed by atoms with Gasteiger partial charge >= 0.3 is 0 Å². The van der Waals surface area contributed by atoms with E-state index in [4.69, 9.17) is 5.73 Å². The normalized spacial score (nSPS) is 11.9. The number of aromatic amines is 1. The maximum absolute atomic E-state index is 12.8. The summed E-state index contributed by atoms with van der Waals surface area (Å²) in [7, 11) is 0. The molecule has 1 amide bonds. The van der Waals surface area contributed by atoms with E-state index in [0.29, 0.717) is 23.4 Å². The molecule has 174 valence electrons. The lowest BCUT2D eigenvalue weighted by Gasteiger charge is -2.15. The monoisotopic (exact) mass is 463 g/mol. The van der Waals surface area contributed by atoms with Crippen molar-refractivity contribution < 1.29 is 9.90 Å². The summed E-state index contributed by atoms with van der Waals surface area (Å²) in [5.74, 6) is -0.165. The highest BCUT2D eigenvalue weighted by molar-refractivity contribution is 5.97. The number of hydrogen-bond donors (Lipinski definition) is 4. The number of fused-ring (bicyclic) bond motifs is 1. The first-order valence-electron chi connectivity index (χ1n) is 11.3. The van der Waals surface area contributed by atoms with Crippen LogP contribution in [0, 0.1) is 6.92 Å². The number of benzene rings is 3. The number of aromatic nitrogens is 3. The van der Waals surface area contributed by atoms with E-state index in [0.717, 1.165) is 33.3 Å². The zero-order valence-corrected chi connectivity index (χ0v) is 19.2. The number of phenols is 1. The molecule has 7 heteroatoms. The van der Waals surface area contributed by atoms with E-state index < -0.39 is 6.04 Å². The molecule has 0 bridgehead atoms. The van der Waals surface area contributed by atoms with Gasteiger partial charge in [-0.15, -0.1) is 0 Å². The van der Waals surface area contributed by atoms with Crippen LogP contribution in [0.1, 0.15) is 11.3 Å². The standard InChI is InChI=1S/C28H25N5O2/c1-17-22-14-19(11-12-25(22)33-32-17)23-15-20(16-30-27(23)21-9-5-6-10-26(21)34)31-28(35)24(29)13-18-7-3-2-4-8-18/h2-12,14-16,24,34H,13,29H2,1H3,(H,31,35)(H,32,33)/t24-/m0/s1. The Bertz CT molecular complexity index is 1510. The summed E-state index contributed by atoms with van der Waals surface area (Å²) in [6.45, 7) is 1.94. The van der Waals surface area contributed by atoms with E-state index in [1.165, 1.54) is 0 Å². The van der Waals surface area contributed by atoms with E-state index in [-0.39, 0.29) is 11.7 Å². The van der Waals surface area contributed by atoms with Crippen molar-refractivity contribution in [2.24, 2.45) is 5.73 Å². The average molecular weight is 464 g/mol. The van der Waals surface area contributed by atoms with Gasteiger partial charge in [0.2, 0.25) is 5.91 Å². The molecule has 0 aliphatic carbocycles. The minimum absolute atomic E-state index is 0.128. The fourth-order valence-corrected chi connectivity index (χ4v) is 4.15. The number of pyridine rings is 1. The van der Waals surface area contributed by atoms with E-state index >= 15 is 0 Å². The molecule has 0 unspecified atom stereocenters. The molecule has 5 N–H and O–H groups in total. The molecule has 0 saturated heterocycles. The van der Waals surface area contributed by atoms with E-state index in [1.807, 2.05) is 73.7 Å². The first-order valence-corrected chi connectivity index (χ1v) is 11.3. The second kappa shape index (κ2) is 9.40. The summed E-state index contributed by atoms with van der Waals surface area (Å²) < 4.78 is 0. The highest BCUT2D eigenvalue weighted by Gasteiger charge is 2.18. The van der Waals surface area contributed by atoms with Crippen molar-refractivity contribution in [2.45, 2.75) is 19.4 Å². The fourth-order valence-electron chi connectivity index (χ4n) is 4.15. The van der Waals surface area contributed by atoms with Crippen molar-refractivity contribution in [2.75, 3.05) is 5.32 Å². The smallest absolute Gasteiger partial charge is 0.241 e. The van der Waals surface area contributed by atoms with Crippen molar-refractivity contribution >= 4 is 22.5 Å². The minimum atomic E-state index is -0.705. The molecule has 0 fully saturated rings. The van der Waals surface area contributed by atoms with Crippen LogP contribution >= 0.6 is 0 Å². The van der Waals surface area contributed by atoms with Crippen molar-refractivity contribution in [3.8, 4) is 28.1 Å². The van der Waals surface area contributed by atoms with Gasteiger partial charge in [0.15, 0.2) is 0 Å². The number of para-hydroxylation sites is 1. The van der Waals surface area contributed by atoms with Crippen LogP contribution in [0.4, 0.5) is 5.69 Å². The summed E-state index contributed by atoms with van der Waals surface area (Å²) in [6.07, 6.45) is 2.01. The zero-order valence-electron chi connectivity index (χ0n) is 19.2. The van der Waals surface area contributed by atoms with Crippen molar-refractivity contribution in [3.63, 3.8) is 0 Å². The molecule has 0 spiro atoms. The summed E-state index contributed by atoms with van der Waals surface area (Å²) in [6, 6.07) is 23.8. The highest BCUT2D eigenvalue weighted by Crippen LogP contribution is 2.37. The predicted molar refractivity (Wildman–Crippen MR) is 138 cm³/mol. The molecule has 35 heavy (non-hydrogen) atoms. The molecule has 2 heterocycles. The number of nitrogens with zero attached hydrogens (tertiary/aromatic N) is 2. The van der Waals surface area contributed by atoms with E-state index in [9.17, 15) is 9.90 Å². The number of hydrogen-bond acceptors (Lipinski definition) is 5. The maximum atomic E-state index is 12.8. The van der Waals surface area contributed by atoms with Crippen LogP contribution in [0.5, 0.6) is 5.75 Å². The summed E-state index contributed by atoms with van der Waals surface area (Å²) in [5.41, 5.74) is 12.4. The molecule has 0 saturated carbocycles. The molecule has 0 aliphatic heterocycles. The topological polar surface area (TPSA) is 117 Å². The number of amides is 1. The molecule has 3 aromatic carbocycles. The Morgan fingerprint density at radius 3 is 2.60 bits per heavy atom. The quantitative estimate of drug-likeness (QED) is 0.288. The third-order valence-electron chi connectivity index (χ3n) is 6.01. The van der Waals surface area contributed by atoms with Crippen molar-refractivity contribution in [1.29, 1.82) is 0 Å². The molecule has 5 rings (SSSR count). The molecule has 7 nitrogen and oxygen atoms in total. The van der Waals surface area contributed by atoms with Crippen LogP contribution in [0.25, 0.3) is 33.3 Å². The number of phenolic OH excluding ortho intramolecular Hbond substituents is 1. The van der Waals surface area contributed by atoms with Crippen LogP contribution in [0.2, 0.25) is 0 Å². The number of anilines is 1. The number of carbonyl (C=O) groups is 1. The lowest BCUT2D eigenvalue weighted by Crippen LogP contribution is -2.37. The number of nitrogens with two attached hydrogens (primary N) is 1. The van der Waals surface area contributed by atoms with Gasteiger partial charge in [-0.25, -0.2) is 0 Å². The fraction of sp³-hybridized carbons (Fsp3) is 0.107. The predicted octanol–water partition coefficient (Wildman–Crippen LogP) is 4.81. The van der Waals surface area contributed by atoms with E-state index in [1.54, 1.807) is 18.3 Å². The van der Waals surface area contributed by atoms with Gasteiger partial charge in [-0.05, 0) is 54.8 Å². The number of nitrogens with one attached hydrogen (secondary N) is 2. The summed E-state index contributed by atoms with van der Waals surface area (Å²) >= 11 is 0. The number of rotatable bonds is 6. The minimum Gasteiger partial charge on any atom is -0.507 e. The van der Waals surface area contributed by atoms with Crippen LogP contribution in [0.15, 0.2) is 85.1 Å². The molecule has 0 radical (unpaired) electrons. The lowest BCUT2D eigenvalue weighted by molar-refractivity contribution is -0.117. The Hall–Kier alpha value is -4.49. The van der Waals surface area contributed by atoms with Crippen LogP contribution in [0.3, 0.4) is 0 Å². The number of carbonyl (C=O) groups excluding carboxylic acids is 1.